The van der Waals surface area contributed by atoms with Crippen LogP contribution in [-0.2, 0) is 13.1 Å². The van der Waals surface area contributed by atoms with Gasteiger partial charge in [-0.2, -0.15) is 0 Å². The Bertz CT molecular complexity index is 562. The first-order valence-electron chi connectivity index (χ1n) is 5.87. The SMILES string of the molecule is Cc1nc(CNCc2ccc(C(N)=NO)cc2)cs1. The number of hydrogen-bond donors (Lipinski definition) is 3. The number of aromatic nitrogens is 1. The van der Waals surface area contributed by atoms with Crippen LogP contribution in [0.4, 0.5) is 0 Å². The normalized spacial score (nSPS) is 11.7. The van der Waals surface area contributed by atoms with E-state index in [1.807, 2.05) is 31.2 Å². The summed E-state index contributed by atoms with van der Waals surface area (Å²) in [5.41, 5.74) is 8.42. The van der Waals surface area contributed by atoms with E-state index >= 15 is 0 Å². The molecule has 6 heteroatoms. The first-order chi connectivity index (χ1) is 9.19. The minimum atomic E-state index is 0.123. The third kappa shape index (κ3) is 3.77. The molecule has 0 aliphatic rings. The third-order valence-corrected chi connectivity index (χ3v) is 3.48. The summed E-state index contributed by atoms with van der Waals surface area (Å²) in [6.07, 6.45) is 0. The molecule has 2 aromatic rings. The van der Waals surface area contributed by atoms with Crippen molar-refractivity contribution in [2.24, 2.45) is 10.9 Å². The highest BCUT2D eigenvalue weighted by atomic mass is 32.1. The number of benzene rings is 1. The Labute approximate surface area is 115 Å². The van der Waals surface area contributed by atoms with Gasteiger partial charge in [-0.05, 0) is 12.5 Å². The Morgan fingerprint density at radius 3 is 2.68 bits per heavy atom. The maximum absolute atomic E-state index is 8.57. The predicted octanol–water partition coefficient (Wildman–Crippen LogP) is 1.84. The zero-order valence-electron chi connectivity index (χ0n) is 10.6. The molecule has 0 aliphatic heterocycles. The van der Waals surface area contributed by atoms with Gasteiger partial charge in [0.2, 0.25) is 0 Å². The highest BCUT2D eigenvalue weighted by Crippen LogP contribution is 2.08. The molecule has 0 atom stereocenters. The Kier molecular flexibility index (Phi) is 4.48. The molecule has 0 unspecified atom stereocenters. The van der Waals surface area contributed by atoms with Crippen molar-refractivity contribution in [1.82, 2.24) is 10.3 Å². The standard InChI is InChI=1S/C13H16N4OS/c1-9-16-12(8-19-9)7-15-6-10-2-4-11(5-3-10)13(14)17-18/h2-5,8,15,18H,6-7H2,1H3,(H2,14,17). The van der Waals surface area contributed by atoms with Crippen molar-refractivity contribution < 1.29 is 5.21 Å². The van der Waals surface area contributed by atoms with Gasteiger partial charge in [-0.3, -0.25) is 0 Å². The third-order valence-electron chi connectivity index (χ3n) is 2.66. The largest absolute Gasteiger partial charge is 0.409 e. The van der Waals surface area contributed by atoms with Crippen LogP contribution in [0, 0.1) is 6.92 Å². The van der Waals surface area contributed by atoms with Gasteiger partial charge >= 0.3 is 0 Å². The molecule has 0 aliphatic carbocycles. The zero-order chi connectivity index (χ0) is 13.7. The molecule has 1 aromatic heterocycles. The van der Waals surface area contributed by atoms with Gasteiger partial charge in [0.05, 0.1) is 10.7 Å². The summed E-state index contributed by atoms with van der Waals surface area (Å²) >= 11 is 1.66. The zero-order valence-corrected chi connectivity index (χ0v) is 11.4. The van der Waals surface area contributed by atoms with Crippen LogP contribution in [0.3, 0.4) is 0 Å². The van der Waals surface area contributed by atoms with E-state index in [0.29, 0.717) is 5.56 Å². The fraction of sp³-hybridized carbons (Fsp3) is 0.231. The van der Waals surface area contributed by atoms with Gasteiger partial charge in [0.1, 0.15) is 0 Å². The van der Waals surface area contributed by atoms with Crippen LogP contribution in [0.1, 0.15) is 21.8 Å². The van der Waals surface area contributed by atoms with Crippen molar-refractivity contribution >= 4 is 17.2 Å². The van der Waals surface area contributed by atoms with Crippen molar-refractivity contribution in [2.45, 2.75) is 20.0 Å². The second kappa shape index (κ2) is 6.31. The average Bonchev–Trinajstić information content (AvgIpc) is 2.84. The molecule has 0 spiro atoms. The van der Waals surface area contributed by atoms with Crippen LogP contribution < -0.4 is 11.1 Å². The number of nitrogens with one attached hydrogen (secondary N) is 1. The molecular weight excluding hydrogens is 260 g/mol. The monoisotopic (exact) mass is 276 g/mol. The number of thiazole rings is 1. The molecule has 1 heterocycles. The molecular formula is C13H16N4OS. The van der Waals surface area contributed by atoms with Crippen LogP contribution in [0.5, 0.6) is 0 Å². The number of aryl methyl sites for hydroxylation is 1. The lowest BCUT2D eigenvalue weighted by atomic mass is 10.1. The number of rotatable bonds is 5. The van der Waals surface area contributed by atoms with E-state index in [9.17, 15) is 0 Å². The van der Waals surface area contributed by atoms with Gasteiger partial charge in [0.25, 0.3) is 0 Å². The first kappa shape index (κ1) is 13.5. The molecule has 0 fully saturated rings. The second-order valence-electron chi connectivity index (χ2n) is 4.14. The summed E-state index contributed by atoms with van der Waals surface area (Å²) in [6, 6.07) is 7.57. The van der Waals surface area contributed by atoms with Gasteiger partial charge in [-0.1, -0.05) is 29.4 Å². The Morgan fingerprint density at radius 1 is 1.37 bits per heavy atom. The number of hydrogen-bond acceptors (Lipinski definition) is 5. The van der Waals surface area contributed by atoms with Crippen LogP contribution >= 0.6 is 11.3 Å². The minimum absolute atomic E-state index is 0.123. The molecule has 2 rings (SSSR count). The molecule has 0 radical (unpaired) electrons. The fourth-order valence-corrected chi connectivity index (χ4v) is 2.29. The molecule has 1 aromatic carbocycles. The van der Waals surface area contributed by atoms with E-state index in [2.05, 4.69) is 20.8 Å². The molecule has 4 N–H and O–H groups in total. The van der Waals surface area contributed by atoms with Crippen molar-refractivity contribution in [1.29, 1.82) is 0 Å². The predicted molar refractivity (Wildman–Crippen MR) is 76.3 cm³/mol. The molecule has 0 amide bonds. The van der Waals surface area contributed by atoms with E-state index in [1.165, 1.54) is 0 Å². The Balaban J connectivity index is 1.86. The summed E-state index contributed by atoms with van der Waals surface area (Å²) < 4.78 is 0. The molecule has 100 valence electrons. The molecule has 5 nitrogen and oxygen atoms in total. The van der Waals surface area contributed by atoms with Gasteiger partial charge < -0.3 is 16.3 Å². The van der Waals surface area contributed by atoms with E-state index < -0.39 is 0 Å². The Morgan fingerprint density at radius 2 is 2.11 bits per heavy atom. The molecule has 0 bridgehead atoms. The summed E-state index contributed by atoms with van der Waals surface area (Å²) in [5.74, 6) is 0.123. The lowest BCUT2D eigenvalue weighted by molar-refractivity contribution is 0.318. The van der Waals surface area contributed by atoms with Gasteiger partial charge in [-0.15, -0.1) is 11.3 Å². The summed E-state index contributed by atoms with van der Waals surface area (Å²) in [5, 5.41) is 18.0. The van der Waals surface area contributed by atoms with E-state index in [0.717, 1.165) is 29.4 Å². The quantitative estimate of drug-likeness (QED) is 0.337. The number of nitrogens with two attached hydrogens (primary N) is 1. The van der Waals surface area contributed by atoms with E-state index in [-0.39, 0.29) is 5.84 Å². The van der Waals surface area contributed by atoms with Gasteiger partial charge in [0, 0.05) is 24.0 Å². The van der Waals surface area contributed by atoms with Crippen molar-refractivity contribution in [3.63, 3.8) is 0 Å². The highest BCUT2D eigenvalue weighted by Gasteiger charge is 2.00. The minimum Gasteiger partial charge on any atom is -0.409 e. The topological polar surface area (TPSA) is 83.5 Å². The average molecular weight is 276 g/mol. The van der Waals surface area contributed by atoms with E-state index in [4.69, 9.17) is 10.9 Å². The summed E-state index contributed by atoms with van der Waals surface area (Å²) in [4.78, 5) is 4.39. The van der Waals surface area contributed by atoms with Crippen molar-refractivity contribution in [3.8, 4) is 0 Å². The smallest absolute Gasteiger partial charge is 0.170 e. The lowest BCUT2D eigenvalue weighted by Crippen LogP contribution is -2.14. The number of amidine groups is 1. The Hall–Kier alpha value is -1.92. The maximum Gasteiger partial charge on any atom is 0.170 e. The number of nitrogens with zero attached hydrogens (tertiary/aromatic N) is 2. The highest BCUT2D eigenvalue weighted by molar-refractivity contribution is 7.09. The maximum atomic E-state index is 8.57. The van der Waals surface area contributed by atoms with Crippen molar-refractivity contribution in [2.75, 3.05) is 0 Å². The van der Waals surface area contributed by atoms with E-state index in [1.54, 1.807) is 11.3 Å². The van der Waals surface area contributed by atoms with Crippen LogP contribution in [0.25, 0.3) is 0 Å². The van der Waals surface area contributed by atoms with Crippen molar-refractivity contribution in [3.05, 3.63) is 51.5 Å². The molecule has 0 saturated carbocycles. The van der Waals surface area contributed by atoms with Gasteiger partial charge in [-0.25, -0.2) is 4.98 Å². The lowest BCUT2D eigenvalue weighted by Gasteiger charge is -2.04. The fourth-order valence-electron chi connectivity index (χ4n) is 1.68. The first-order valence-corrected chi connectivity index (χ1v) is 6.75. The molecule has 19 heavy (non-hydrogen) atoms. The van der Waals surface area contributed by atoms with Gasteiger partial charge in [0.15, 0.2) is 5.84 Å². The van der Waals surface area contributed by atoms with Crippen LogP contribution in [-0.4, -0.2) is 16.0 Å². The molecule has 0 saturated heterocycles. The summed E-state index contributed by atoms with van der Waals surface area (Å²) in [6.45, 7) is 3.51. The van der Waals surface area contributed by atoms with Crippen LogP contribution in [0.15, 0.2) is 34.8 Å². The van der Waals surface area contributed by atoms with Crippen LogP contribution in [0.2, 0.25) is 0 Å². The number of oxime groups is 1. The summed E-state index contributed by atoms with van der Waals surface area (Å²) in [7, 11) is 0. The second-order valence-corrected chi connectivity index (χ2v) is 5.21.